The molecule has 0 aliphatic heterocycles. The lowest BCUT2D eigenvalue weighted by molar-refractivity contribution is 0.613. The molecule has 0 amide bonds. The van der Waals surface area contributed by atoms with Crippen LogP contribution in [0.2, 0.25) is 10.2 Å². The van der Waals surface area contributed by atoms with Crippen LogP contribution in [-0.2, 0) is 6.54 Å². The maximum atomic E-state index is 6.18. The lowest BCUT2D eigenvalue weighted by Gasteiger charge is -2.08. The first-order chi connectivity index (χ1) is 9.65. The fraction of sp³-hybridized carbons (Fsp3) is 0.0667. The highest BCUT2D eigenvalue weighted by atomic mass is 79.9. The minimum atomic E-state index is 0.409. The Balaban J connectivity index is 1.88. The monoisotopic (exact) mass is 369 g/mol. The summed E-state index contributed by atoms with van der Waals surface area (Å²) in [5.41, 5.74) is 2.58. The highest BCUT2D eigenvalue weighted by Crippen LogP contribution is 2.31. The first-order valence-corrected chi connectivity index (χ1v) is 7.55. The molecular formula is C15H10BrCl2NO. The Morgan fingerprint density at radius 1 is 1.10 bits per heavy atom. The molecule has 0 bridgehead atoms. The van der Waals surface area contributed by atoms with Crippen LogP contribution >= 0.6 is 39.1 Å². The molecule has 5 heteroatoms. The average Bonchev–Trinajstić information content (AvgIpc) is 2.74. The molecule has 0 spiro atoms. The van der Waals surface area contributed by atoms with Crippen molar-refractivity contribution in [2.24, 2.45) is 0 Å². The number of rotatable bonds is 3. The van der Waals surface area contributed by atoms with Crippen molar-refractivity contribution in [1.82, 2.24) is 0 Å². The van der Waals surface area contributed by atoms with Gasteiger partial charge in [0.25, 0.3) is 0 Å². The van der Waals surface area contributed by atoms with Crippen LogP contribution in [0.1, 0.15) is 5.56 Å². The van der Waals surface area contributed by atoms with Crippen LogP contribution in [0, 0.1) is 0 Å². The number of halogens is 3. The molecule has 0 saturated heterocycles. The van der Waals surface area contributed by atoms with E-state index in [4.69, 9.17) is 27.6 Å². The summed E-state index contributed by atoms with van der Waals surface area (Å²) in [6.07, 6.45) is 0. The first-order valence-electron chi connectivity index (χ1n) is 6.00. The van der Waals surface area contributed by atoms with Crippen molar-refractivity contribution in [3.8, 4) is 0 Å². The first kappa shape index (κ1) is 13.8. The molecule has 0 atom stereocenters. The molecule has 2 nitrogen and oxygen atoms in total. The van der Waals surface area contributed by atoms with Gasteiger partial charge in [0.2, 0.25) is 0 Å². The third-order valence-electron chi connectivity index (χ3n) is 3.04. The number of para-hydroxylation sites is 1. The van der Waals surface area contributed by atoms with Crippen molar-refractivity contribution in [2.75, 3.05) is 5.32 Å². The summed E-state index contributed by atoms with van der Waals surface area (Å²) < 4.78 is 6.47. The van der Waals surface area contributed by atoms with Crippen LogP contribution in [0.3, 0.4) is 0 Å². The van der Waals surface area contributed by atoms with Crippen molar-refractivity contribution in [3.63, 3.8) is 0 Å². The van der Waals surface area contributed by atoms with E-state index in [9.17, 15) is 0 Å². The molecular weight excluding hydrogens is 361 g/mol. The molecule has 0 aliphatic rings. The van der Waals surface area contributed by atoms with E-state index in [0.717, 1.165) is 26.7 Å². The second-order valence-corrected chi connectivity index (χ2v) is 5.99. The fourth-order valence-electron chi connectivity index (χ4n) is 2.05. The number of fused-ring (bicyclic) bond motifs is 1. The summed E-state index contributed by atoms with van der Waals surface area (Å²) in [5, 5.41) is 5.36. The molecule has 0 aliphatic carbocycles. The number of hydrogen-bond donors (Lipinski definition) is 1. The SMILES string of the molecule is Clc1cc(Br)ccc1NCc1c(Cl)oc2ccccc12. The Morgan fingerprint density at radius 3 is 2.70 bits per heavy atom. The van der Waals surface area contributed by atoms with Gasteiger partial charge in [-0.2, -0.15) is 0 Å². The lowest BCUT2D eigenvalue weighted by Crippen LogP contribution is -1.99. The Labute approximate surface area is 134 Å². The van der Waals surface area contributed by atoms with Gasteiger partial charge in [0.15, 0.2) is 5.22 Å². The van der Waals surface area contributed by atoms with Gasteiger partial charge in [-0.3, -0.25) is 0 Å². The molecule has 1 N–H and O–H groups in total. The fourth-order valence-corrected chi connectivity index (χ4v) is 3.04. The second kappa shape index (κ2) is 5.68. The predicted octanol–water partition coefficient (Wildman–Crippen LogP) is 6.11. The van der Waals surface area contributed by atoms with Gasteiger partial charge in [-0.25, -0.2) is 0 Å². The van der Waals surface area contributed by atoms with Crippen molar-refractivity contribution in [1.29, 1.82) is 0 Å². The van der Waals surface area contributed by atoms with Crippen LogP contribution in [0.25, 0.3) is 11.0 Å². The molecule has 20 heavy (non-hydrogen) atoms. The number of furan rings is 1. The van der Waals surface area contributed by atoms with E-state index >= 15 is 0 Å². The van der Waals surface area contributed by atoms with Gasteiger partial charge in [0.1, 0.15) is 5.58 Å². The van der Waals surface area contributed by atoms with E-state index in [1.165, 1.54) is 0 Å². The molecule has 0 saturated carbocycles. The van der Waals surface area contributed by atoms with Crippen LogP contribution in [-0.4, -0.2) is 0 Å². The standard InChI is InChI=1S/C15H10BrCl2NO/c16-9-5-6-13(12(17)7-9)19-8-11-10-3-1-2-4-14(10)20-15(11)18/h1-7,19H,8H2. The van der Waals surface area contributed by atoms with Crippen molar-refractivity contribution < 1.29 is 4.42 Å². The van der Waals surface area contributed by atoms with E-state index in [1.54, 1.807) is 0 Å². The molecule has 1 aromatic heterocycles. The smallest absolute Gasteiger partial charge is 0.199 e. The Kier molecular flexibility index (Phi) is 3.92. The zero-order valence-electron chi connectivity index (χ0n) is 10.3. The van der Waals surface area contributed by atoms with E-state index in [1.807, 2.05) is 42.5 Å². The van der Waals surface area contributed by atoms with Gasteiger partial charge in [-0.15, -0.1) is 0 Å². The summed E-state index contributed by atoms with van der Waals surface area (Å²) in [7, 11) is 0. The van der Waals surface area contributed by atoms with Crippen LogP contribution in [0.4, 0.5) is 5.69 Å². The van der Waals surface area contributed by atoms with Gasteiger partial charge in [-0.1, -0.05) is 45.7 Å². The highest BCUT2D eigenvalue weighted by molar-refractivity contribution is 9.10. The van der Waals surface area contributed by atoms with Gasteiger partial charge < -0.3 is 9.73 Å². The third-order valence-corrected chi connectivity index (χ3v) is 4.15. The highest BCUT2D eigenvalue weighted by Gasteiger charge is 2.12. The maximum absolute atomic E-state index is 6.18. The molecule has 2 aromatic carbocycles. The average molecular weight is 371 g/mol. The summed E-state index contributed by atoms with van der Waals surface area (Å²) in [6, 6.07) is 13.5. The largest absolute Gasteiger partial charge is 0.444 e. The quantitative estimate of drug-likeness (QED) is 0.601. The molecule has 3 rings (SSSR count). The van der Waals surface area contributed by atoms with Gasteiger partial charge in [-0.05, 0) is 35.9 Å². The minimum Gasteiger partial charge on any atom is -0.444 e. The van der Waals surface area contributed by atoms with Gasteiger partial charge in [0.05, 0.1) is 10.7 Å². The zero-order valence-corrected chi connectivity index (χ0v) is 13.4. The Morgan fingerprint density at radius 2 is 1.90 bits per heavy atom. The van der Waals surface area contributed by atoms with E-state index in [-0.39, 0.29) is 0 Å². The molecule has 0 radical (unpaired) electrons. The van der Waals surface area contributed by atoms with E-state index < -0.39 is 0 Å². The van der Waals surface area contributed by atoms with Gasteiger partial charge in [0, 0.05) is 22.0 Å². The minimum absolute atomic E-state index is 0.409. The normalized spacial score (nSPS) is 10.9. The maximum Gasteiger partial charge on any atom is 0.199 e. The van der Waals surface area contributed by atoms with Crippen LogP contribution < -0.4 is 5.32 Å². The van der Waals surface area contributed by atoms with E-state index in [2.05, 4.69) is 21.2 Å². The Bertz CT molecular complexity index is 770. The van der Waals surface area contributed by atoms with Crippen molar-refractivity contribution in [2.45, 2.75) is 6.54 Å². The predicted molar refractivity (Wildman–Crippen MR) is 87.7 cm³/mol. The molecule has 1 heterocycles. The van der Waals surface area contributed by atoms with Crippen molar-refractivity contribution in [3.05, 3.63) is 62.7 Å². The number of nitrogens with one attached hydrogen (secondary N) is 1. The topological polar surface area (TPSA) is 25.2 Å². The lowest BCUT2D eigenvalue weighted by atomic mass is 10.2. The summed E-state index contributed by atoms with van der Waals surface area (Å²) in [6.45, 7) is 0.553. The van der Waals surface area contributed by atoms with Crippen LogP contribution in [0.5, 0.6) is 0 Å². The Hall–Kier alpha value is -1.16. The molecule has 0 fully saturated rings. The second-order valence-electron chi connectivity index (χ2n) is 4.33. The molecule has 102 valence electrons. The zero-order chi connectivity index (χ0) is 14.1. The molecule has 0 unspecified atom stereocenters. The summed E-state index contributed by atoms with van der Waals surface area (Å²) in [5.74, 6) is 0. The summed E-state index contributed by atoms with van der Waals surface area (Å²) >= 11 is 15.7. The van der Waals surface area contributed by atoms with Crippen LogP contribution in [0.15, 0.2) is 51.4 Å². The van der Waals surface area contributed by atoms with Crippen molar-refractivity contribution >= 4 is 55.8 Å². The number of benzene rings is 2. The number of hydrogen-bond acceptors (Lipinski definition) is 2. The third kappa shape index (κ3) is 2.66. The summed E-state index contributed by atoms with van der Waals surface area (Å²) in [4.78, 5) is 0. The van der Waals surface area contributed by atoms with E-state index in [0.29, 0.717) is 16.8 Å². The van der Waals surface area contributed by atoms with Gasteiger partial charge >= 0.3 is 0 Å². The number of anilines is 1. The molecule has 3 aromatic rings.